The van der Waals surface area contributed by atoms with Crippen LogP contribution in [-0.4, -0.2) is 34.6 Å². The fourth-order valence-electron chi connectivity index (χ4n) is 4.89. The minimum atomic E-state index is -0.784. The van der Waals surface area contributed by atoms with E-state index in [0.29, 0.717) is 32.8 Å². The number of hydrogen-bond donors (Lipinski definition) is 1. The highest BCUT2D eigenvalue weighted by Crippen LogP contribution is 2.53. The number of benzene rings is 2. The third-order valence-electron chi connectivity index (χ3n) is 6.66. The van der Waals surface area contributed by atoms with Crippen LogP contribution in [0, 0.1) is 5.92 Å². The third kappa shape index (κ3) is 4.52. The van der Waals surface area contributed by atoms with Gasteiger partial charge in [-0.3, -0.25) is 23.7 Å². The summed E-state index contributed by atoms with van der Waals surface area (Å²) in [5.41, 5.74) is 1.03. The Bertz CT molecular complexity index is 1630. The molecule has 3 amide bonds. The van der Waals surface area contributed by atoms with Gasteiger partial charge in [-0.1, -0.05) is 39.0 Å². The molecule has 6 rings (SSSR count). The number of nitrogens with zero attached hydrogens (tertiary/aromatic N) is 2. The van der Waals surface area contributed by atoms with Gasteiger partial charge in [0.2, 0.25) is 17.7 Å². The molecule has 1 saturated heterocycles. The third-order valence-corrected chi connectivity index (χ3v) is 9.79. The van der Waals surface area contributed by atoms with E-state index in [9.17, 15) is 19.2 Å². The van der Waals surface area contributed by atoms with Crippen LogP contribution in [0.2, 0.25) is 0 Å². The summed E-state index contributed by atoms with van der Waals surface area (Å²) in [7, 11) is 1.55. The monoisotopic (exact) mass is 625 g/mol. The zero-order valence-corrected chi connectivity index (χ0v) is 23.5. The van der Waals surface area contributed by atoms with Crippen LogP contribution in [-0.2, 0) is 20.9 Å². The van der Waals surface area contributed by atoms with E-state index in [0.717, 1.165) is 27.6 Å². The van der Waals surface area contributed by atoms with Crippen molar-refractivity contribution in [3.63, 3.8) is 0 Å². The lowest BCUT2D eigenvalue weighted by atomic mass is 9.87. The van der Waals surface area contributed by atoms with Crippen LogP contribution >= 0.6 is 39.0 Å². The first-order valence-electron chi connectivity index (χ1n) is 11.9. The predicted octanol–water partition coefficient (Wildman–Crippen LogP) is 4.71. The molecule has 1 N–H and O–H groups in total. The zero-order chi connectivity index (χ0) is 27.3. The van der Waals surface area contributed by atoms with E-state index in [2.05, 4.69) is 21.2 Å². The average molecular weight is 627 g/mol. The van der Waals surface area contributed by atoms with E-state index in [4.69, 9.17) is 9.15 Å². The lowest BCUT2D eigenvalue weighted by molar-refractivity contribution is -0.122. The molecule has 12 heteroatoms. The Morgan fingerprint density at radius 1 is 1.05 bits per heavy atom. The maximum Gasteiger partial charge on any atom is 0.308 e. The van der Waals surface area contributed by atoms with Gasteiger partial charge in [0.25, 0.3) is 0 Å². The van der Waals surface area contributed by atoms with Gasteiger partial charge in [0.05, 0.1) is 40.8 Å². The van der Waals surface area contributed by atoms with Gasteiger partial charge in [0, 0.05) is 10.2 Å². The topological polar surface area (TPSA) is 111 Å². The van der Waals surface area contributed by atoms with Gasteiger partial charge in [0.1, 0.15) is 23.3 Å². The quantitative estimate of drug-likeness (QED) is 0.309. The number of methoxy groups -OCH3 is 1. The molecule has 1 fully saturated rings. The van der Waals surface area contributed by atoms with E-state index < -0.39 is 23.0 Å². The lowest BCUT2D eigenvalue weighted by Crippen LogP contribution is -2.32. The molecule has 2 aliphatic rings. The molecule has 0 bridgehead atoms. The molecular formula is C27H20BrN3O6S2. The van der Waals surface area contributed by atoms with E-state index in [1.807, 2.05) is 0 Å². The lowest BCUT2D eigenvalue weighted by Gasteiger charge is -2.29. The second-order valence-corrected chi connectivity index (χ2v) is 12.0. The molecule has 2 aromatic carbocycles. The summed E-state index contributed by atoms with van der Waals surface area (Å²) in [5.74, 6) is -1.37. The fraction of sp³-hybridized carbons (Fsp3) is 0.185. The van der Waals surface area contributed by atoms with Crippen LogP contribution in [0.1, 0.15) is 16.6 Å². The molecule has 4 aromatic rings. The molecule has 9 nitrogen and oxygen atoms in total. The van der Waals surface area contributed by atoms with Crippen LogP contribution < -0.4 is 19.8 Å². The van der Waals surface area contributed by atoms with Gasteiger partial charge in [-0.05, 0) is 60.7 Å². The van der Waals surface area contributed by atoms with Gasteiger partial charge >= 0.3 is 4.87 Å². The number of carbonyl (C=O) groups is 3. The number of thiazole rings is 1. The molecule has 39 heavy (non-hydrogen) atoms. The second kappa shape index (κ2) is 10.2. The maximum atomic E-state index is 13.8. The first kappa shape index (κ1) is 25.7. The van der Waals surface area contributed by atoms with E-state index >= 15 is 0 Å². The Morgan fingerprint density at radius 3 is 2.46 bits per heavy atom. The molecule has 0 aliphatic carbocycles. The Labute approximate surface area is 238 Å². The van der Waals surface area contributed by atoms with Crippen molar-refractivity contribution in [2.75, 3.05) is 17.3 Å². The molecule has 4 heterocycles. The van der Waals surface area contributed by atoms with E-state index in [1.54, 1.807) is 67.8 Å². The minimum absolute atomic E-state index is 0.246. The molecule has 198 valence electrons. The van der Waals surface area contributed by atoms with Crippen LogP contribution in [0.3, 0.4) is 0 Å². The second-order valence-electron chi connectivity index (χ2n) is 8.95. The number of carbonyl (C=O) groups excluding carboxylic acids is 3. The largest absolute Gasteiger partial charge is 0.497 e. The maximum absolute atomic E-state index is 13.8. The zero-order valence-electron chi connectivity index (χ0n) is 20.3. The van der Waals surface area contributed by atoms with Gasteiger partial charge in [-0.2, -0.15) is 0 Å². The van der Waals surface area contributed by atoms with Gasteiger partial charge in [-0.25, -0.2) is 4.90 Å². The Balaban J connectivity index is 1.35. The number of fused-ring (bicyclic) bond motifs is 2. The molecule has 3 atom stereocenters. The standard InChI is InChI=1S/C27H20BrN3O6S2/c1-36-17-10-6-15(7-11-17)29-19(32)13-30-26-23(39-27(30)35)20(18-3-2-12-37-18)21-22(38-26)25(34)31(24(21)33)16-8-4-14(28)5-9-16/h2-12,20-22H,13H2,1H3,(H,29,32). The molecule has 0 saturated carbocycles. The summed E-state index contributed by atoms with van der Waals surface area (Å²) in [6.45, 7) is -0.246. The van der Waals surface area contributed by atoms with Crippen LogP contribution in [0.5, 0.6) is 5.75 Å². The van der Waals surface area contributed by atoms with Crippen LogP contribution in [0.15, 0.2) is 85.6 Å². The summed E-state index contributed by atoms with van der Waals surface area (Å²) in [6, 6.07) is 17.3. The molecule has 0 spiro atoms. The Hall–Kier alpha value is -3.61. The fourth-order valence-corrected chi connectivity index (χ4v) is 7.91. The smallest absolute Gasteiger partial charge is 0.308 e. The summed E-state index contributed by atoms with van der Waals surface area (Å²) >= 11 is 5.51. The average Bonchev–Trinajstić information content (AvgIpc) is 3.63. The number of ether oxygens (including phenoxy) is 1. The summed E-state index contributed by atoms with van der Waals surface area (Å²) in [5, 5.41) is 2.50. The van der Waals surface area contributed by atoms with Crippen molar-refractivity contribution in [1.29, 1.82) is 0 Å². The number of thioether (sulfide) groups is 1. The summed E-state index contributed by atoms with van der Waals surface area (Å²) in [4.78, 5) is 55.0. The highest BCUT2D eigenvalue weighted by atomic mass is 79.9. The highest BCUT2D eigenvalue weighted by Gasteiger charge is 2.57. The molecule has 3 unspecified atom stereocenters. The number of anilines is 2. The van der Waals surface area contributed by atoms with Crippen molar-refractivity contribution in [3.05, 3.63) is 91.7 Å². The number of hydrogen-bond acceptors (Lipinski definition) is 8. The molecule has 0 radical (unpaired) electrons. The van der Waals surface area contributed by atoms with Crippen molar-refractivity contribution >= 4 is 68.1 Å². The first-order valence-corrected chi connectivity index (χ1v) is 14.4. The van der Waals surface area contributed by atoms with E-state index in [-0.39, 0.29) is 23.2 Å². The number of imide groups is 1. The minimum Gasteiger partial charge on any atom is -0.497 e. The molecule has 2 aromatic heterocycles. The SMILES string of the molecule is COc1ccc(NC(=O)Cn2c3c(sc2=O)C(c2ccco2)C2C(=O)N(c4ccc(Br)cc4)C(=O)C2S3)cc1. The number of halogens is 1. The van der Waals surface area contributed by atoms with Crippen molar-refractivity contribution in [2.24, 2.45) is 5.92 Å². The van der Waals surface area contributed by atoms with Crippen molar-refractivity contribution < 1.29 is 23.5 Å². The number of furan rings is 1. The Morgan fingerprint density at radius 2 is 1.79 bits per heavy atom. The highest BCUT2D eigenvalue weighted by molar-refractivity contribution is 9.10. The molecule has 2 aliphatic heterocycles. The normalized spacial score (nSPS) is 20.1. The van der Waals surface area contributed by atoms with Crippen molar-refractivity contribution in [1.82, 2.24) is 4.57 Å². The summed E-state index contributed by atoms with van der Waals surface area (Å²) < 4.78 is 13.1. The van der Waals surface area contributed by atoms with Crippen LogP contribution in [0.25, 0.3) is 0 Å². The van der Waals surface area contributed by atoms with Crippen molar-refractivity contribution in [2.45, 2.75) is 22.7 Å². The number of rotatable bonds is 6. The van der Waals surface area contributed by atoms with Gasteiger partial charge in [-0.15, -0.1) is 0 Å². The first-order chi connectivity index (χ1) is 18.9. The van der Waals surface area contributed by atoms with Crippen molar-refractivity contribution in [3.8, 4) is 5.75 Å². The predicted molar refractivity (Wildman–Crippen MR) is 151 cm³/mol. The summed E-state index contributed by atoms with van der Waals surface area (Å²) in [6.07, 6.45) is 1.50. The van der Waals surface area contributed by atoms with Gasteiger partial charge in [0.15, 0.2) is 0 Å². The van der Waals surface area contributed by atoms with Crippen LogP contribution in [0.4, 0.5) is 11.4 Å². The Kier molecular flexibility index (Phi) is 6.69. The number of aromatic nitrogens is 1. The number of amides is 3. The van der Waals surface area contributed by atoms with Gasteiger partial charge < -0.3 is 14.5 Å². The number of nitrogens with one attached hydrogen (secondary N) is 1. The molecular weight excluding hydrogens is 606 g/mol. The van der Waals surface area contributed by atoms with E-state index in [1.165, 1.54) is 15.7 Å².